The van der Waals surface area contributed by atoms with Crippen LogP contribution in [0.5, 0.6) is 5.75 Å². The molecule has 0 bridgehead atoms. The highest BCUT2D eigenvalue weighted by Crippen LogP contribution is 2.25. The van der Waals surface area contributed by atoms with Gasteiger partial charge in [-0.3, -0.25) is 4.55 Å². The number of aliphatic hydroxyl groups is 1. The Hall–Kier alpha value is -0.900. The van der Waals surface area contributed by atoms with E-state index in [2.05, 4.69) is 37.2 Å². The van der Waals surface area contributed by atoms with Crippen molar-refractivity contribution < 1.29 is 27.0 Å². The van der Waals surface area contributed by atoms with Crippen LogP contribution >= 0.6 is 11.6 Å². The van der Waals surface area contributed by atoms with Gasteiger partial charge in [0, 0.05) is 12.1 Å². The lowest BCUT2D eigenvalue weighted by Crippen LogP contribution is -2.42. The lowest BCUT2D eigenvalue weighted by Gasteiger charge is -2.23. The van der Waals surface area contributed by atoms with Crippen LogP contribution in [0.3, 0.4) is 0 Å². The molecule has 182 valence electrons. The third-order valence-electron chi connectivity index (χ3n) is 4.12. The molecule has 0 radical (unpaired) electrons. The summed E-state index contributed by atoms with van der Waals surface area (Å²) in [5, 5.41) is 13.6. The molecular weight excluding hydrogens is 442 g/mol. The van der Waals surface area contributed by atoms with Gasteiger partial charge in [-0.2, -0.15) is 8.42 Å². The summed E-state index contributed by atoms with van der Waals surface area (Å²) in [6.07, 6.45) is 5.78. The molecular formula is C22H40ClNO6S. The van der Waals surface area contributed by atoms with Gasteiger partial charge in [0.25, 0.3) is 0 Å². The molecule has 0 aliphatic rings. The van der Waals surface area contributed by atoms with E-state index in [-0.39, 0.29) is 18.8 Å². The largest absolute Gasteiger partial charge is 0.489 e. The zero-order valence-electron chi connectivity index (χ0n) is 19.5. The predicted octanol–water partition coefficient (Wildman–Crippen LogP) is 4.94. The second kappa shape index (κ2) is 15.8. The van der Waals surface area contributed by atoms with Crippen LogP contribution in [-0.4, -0.2) is 49.5 Å². The van der Waals surface area contributed by atoms with Crippen molar-refractivity contribution in [2.24, 2.45) is 0 Å². The van der Waals surface area contributed by atoms with Crippen molar-refractivity contribution in [2.45, 2.75) is 84.8 Å². The van der Waals surface area contributed by atoms with Gasteiger partial charge in [-0.25, -0.2) is 4.18 Å². The highest BCUT2D eigenvalue weighted by molar-refractivity contribution is 7.80. The minimum absolute atomic E-state index is 0.0119. The van der Waals surface area contributed by atoms with Crippen molar-refractivity contribution in [3.05, 3.63) is 28.8 Å². The second-order valence-electron chi connectivity index (χ2n) is 8.55. The molecule has 1 rings (SSSR count). The zero-order valence-corrected chi connectivity index (χ0v) is 21.1. The number of hydrogen-bond acceptors (Lipinski definition) is 6. The van der Waals surface area contributed by atoms with E-state index < -0.39 is 16.5 Å². The third-order valence-corrected chi connectivity index (χ3v) is 4.89. The average molecular weight is 482 g/mol. The van der Waals surface area contributed by atoms with Crippen molar-refractivity contribution in [3.8, 4) is 5.75 Å². The van der Waals surface area contributed by atoms with Crippen LogP contribution in [0.15, 0.2) is 18.2 Å². The van der Waals surface area contributed by atoms with E-state index in [9.17, 15) is 13.5 Å². The number of aryl methyl sites for hydroxylation is 1. The fourth-order valence-electron chi connectivity index (χ4n) is 2.44. The Morgan fingerprint density at radius 3 is 2.32 bits per heavy atom. The van der Waals surface area contributed by atoms with Gasteiger partial charge in [0.15, 0.2) is 0 Å². The monoisotopic (exact) mass is 481 g/mol. The maximum Gasteiger partial charge on any atom is 0.397 e. The fourth-order valence-corrected chi connectivity index (χ4v) is 2.94. The van der Waals surface area contributed by atoms with Gasteiger partial charge in [-0.1, -0.05) is 56.7 Å². The molecule has 9 heteroatoms. The Balaban J connectivity index is 0.000000615. The van der Waals surface area contributed by atoms with Crippen molar-refractivity contribution in [1.82, 2.24) is 5.32 Å². The van der Waals surface area contributed by atoms with E-state index in [0.29, 0.717) is 23.7 Å². The van der Waals surface area contributed by atoms with Gasteiger partial charge in [0.05, 0.1) is 11.6 Å². The van der Waals surface area contributed by atoms with Crippen LogP contribution in [0.25, 0.3) is 0 Å². The van der Waals surface area contributed by atoms with E-state index in [1.165, 1.54) is 19.3 Å². The Labute approximate surface area is 193 Å². The summed E-state index contributed by atoms with van der Waals surface area (Å²) in [5.74, 6) is 0.617. The molecule has 7 nitrogen and oxygen atoms in total. The maximum absolute atomic E-state index is 10.1. The molecule has 1 atom stereocenters. The van der Waals surface area contributed by atoms with E-state index in [1.54, 1.807) is 6.07 Å². The lowest BCUT2D eigenvalue weighted by atomic mass is 10.1. The highest BCUT2D eigenvalue weighted by Gasteiger charge is 2.13. The first-order valence-corrected chi connectivity index (χ1v) is 12.5. The number of ether oxygens (including phenoxy) is 1. The van der Waals surface area contributed by atoms with Gasteiger partial charge in [-0.05, 0) is 51.8 Å². The van der Waals surface area contributed by atoms with E-state index >= 15 is 0 Å². The molecule has 0 heterocycles. The summed E-state index contributed by atoms with van der Waals surface area (Å²) in [5.41, 5.74) is 1.07. The molecule has 0 aliphatic heterocycles. The normalized spacial score (nSPS) is 12.8. The zero-order chi connectivity index (χ0) is 23.9. The molecule has 1 aromatic carbocycles. The fraction of sp³-hybridized carbons (Fsp3) is 0.727. The summed E-state index contributed by atoms with van der Waals surface area (Å²) in [6.45, 7) is 11.1. The molecule has 0 saturated carbocycles. The van der Waals surface area contributed by atoms with Crippen molar-refractivity contribution in [2.75, 3.05) is 19.8 Å². The van der Waals surface area contributed by atoms with Crippen LogP contribution in [0.1, 0.15) is 71.8 Å². The SMILES string of the molecule is CCCCCCCCOS(=O)(=O)O.Cc1ccc(Cl)c(OCC(O)CNC(C)(C)C)c1. The Kier molecular flexibility index (Phi) is 15.4. The first-order valence-electron chi connectivity index (χ1n) is 10.8. The van der Waals surface area contributed by atoms with Crippen LogP contribution in [0.4, 0.5) is 0 Å². The summed E-state index contributed by atoms with van der Waals surface area (Å²) >= 11 is 6.01. The molecule has 0 spiro atoms. The smallest absolute Gasteiger partial charge is 0.397 e. The Morgan fingerprint density at radius 2 is 1.74 bits per heavy atom. The van der Waals surface area contributed by atoms with Crippen LogP contribution < -0.4 is 10.1 Å². The van der Waals surface area contributed by atoms with Crippen LogP contribution in [-0.2, 0) is 14.6 Å². The van der Waals surface area contributed by atoms with E-state index in [0.717, 1.165) is 18.4 Å². The molecule has 1 aromatic rings. The minimum Gasteiger partial charge on any atom is -0.489 e. The number of β-amino-alcohol motifs (C(OH)–C–C–N with tert-alkyl or cyclic N) is 1. The van der Waals surface area contributed by atoms with Gasteiger partial charge in [0.1, 0.15) is 18.5 Å². The topological polar surface area (TPSA) is 105 Å². The predicted molar refractivity (Wildman–Crippen MR) is 126 cm³/mol. The van der Waals surface area contributed by atoms with E-state index in [4.69, 9.17) is 20.9 Å². The minimum atomic E-state index is -4.22. The molecule has 0 fully saturated rings. The van der Waals surface area contributed by atoms with Crippen molar-refractivity contribution in [3.63, 3.8) is 0 Å². The van der Waals surface area contributed by atoms with Crippen LogP contribution in [0.2, 0.25) is 5.02 Å². The first kappa shape index (κ1) is 30.1. The molecule has 31 heavy (non-hydrogen) atoms. The van der Waals surface area contributed by atoms with Gasteiger partial charge >= 0.3 is 10.4 Å². The highest BCUT2D eigenvalue weighted by atomic mass is 35.5. The number of nitrogens with one attached hydrogen (secondary N) is 1. The molecule has 1 unspecified atom stereocenters. The van der Waals surface area contributed by atoms with Crippen LogP contribution in [0, 0.1) is 6.92 Å². The van der Waals surface area contributed by atoms with Crippen molar-refractivity contribution in [1.29, 1.82) is 0 Å². The number of halogens is 1. The number of hydrogen-bond donors (Lipinski definition) is 3. The average Bonchev–Trinajstić information content (AvgIpc) is 2.65. The standard InChI is InChI=1S/C14H22ClNO2.C8H18O4S/c1-10-5-6-12(15)13(7-10)18-9-11(17)8-16-14(2,3)4;1-2-3-4-5-6-7-8-12-13(9,10)11/h5-7,11,16-17H,8-9H2,1-4H3;2-8H2,1H3,(H,9,10,11). The first-order chi connectivity index (χ1) is 14.3. The number of benzene rings is 1. The van der Waals surface area contributed by atoms with Crippen molar-refractivity contribution >= 4 is 22.0 Å². The molecule has 3 N–H and O–H groups in total. The van der Waals surface area contributed by atoms with E-state index in [1.807, 2.05) is 19.1 Å². The summed E-state index contributed by atoms with van der Waals surface area (Å²) in [4.78, 5) is 0. The third kappa shape index (κ3) is 19.5. The second-order valence-corrected chi connectivity index (χ2v) is 10.0. The summed E-state index contributed by atoms with van der Waals surface area (Å²) in [6, 6.07) is 5.59. The molecule has 0 aliphatic carbocycles. The Bertz CT molecular complexity index is 706. The number of unbranched alkanes of at least 4 members (excludes halogenated alkanes) is 5. The molecule has 0 amide bonds. The van der Waals surface area contributed by atoms with Gasteiger partial charge < -0.3 is 15.2 Å². The Morgan fingerprint density at radius 1 is 1.13 bits per heavy atom. The lowest BCUT2D eigenvalue weighted by molar-refractivity contribution is 0.100. The molecule has 0 saturated heterocycles. The number of aliphatic hydroxyl groups excluding tert-OH is 1. The number of rotatable bonds is 13. The van der Waals surface area contributed by atoms with Gasteiger partial charge in [-0.15, -0.1) is 0 Å². The molecule has 0 aromatic heterocycles. The summed E-state index contributed by atoms with van der Waals surface area (Å²) < 4.78 is 38.1. The quantitative estimate of drug-likeness (QED) is 0.270. The maximum atomic E-state index is 10.1. The van der Waals surface area contributed by atoms with Gasteiger partial charge in [0.2, 0.25) is 0 Å². The summed E-state index contributed by atoms with van der Waals surface area (Å²) in [7, 11) is -4.22.